The molecule has 0 spiro atoms. The van der Waals surface area contributed by atoms with Crippen molar-refractivity contribution >= 4 is 11.9 Å². The summed E-state index contributed by atoms with van der Waals surface area (Å²) in [6.45, 7) is 5.99. The minimum Gasteiger partial charge on any atom is -0.382 e. The second-order valence-corrected chi connectivity index (χ2v) is 6.65. The van der Waals surface area contributed by atoms with Crippen LogP contribution in [0.25, 0.3) is 6.08 Å². The maximum atomic E-state index is 12.5. The first-order valence-corrected chi connectivity index (χ1v) is 6.89. The lowest BCUT2D eigenvalue weighted by atomic mass is 9.42. The van der Waals surface area contributed by atoms with E-state index in [-0.39, 0.29) is 23.0 Å². The standard InChI is InChI=1S/C17H20O2/c1-16(2)13-10-14(16)17(3,19)15(18)12(13)9-11-7-5-4-6-8-11/h4-9,13-14,19H,10H2,1-3H3. The molecule has 0 aliphatic heterocycles. The van der Waals surface area contributed by atoms with Crippen LogP contribution < -0.4 is 0 Å². The summed E-state index contributed by atoms with van der Waals surface area (Å²) in [5.74, 6) is 0.285. The number of ketones is 1. The fourth-order valence-electron chi connectivity index (χ4n) is 3.91. The second-order valence-electron chi connectivity index (χ2n) is 6.65. The summed E-state index contributed by atoms with van der Waals surface area (Å²) >= 11 is 0. The van der Waals surface area contributed by atoms with Crippen LogP contribution in [-0.4, -0.2) is 16.5 Å². The van der Waals surface area contributed by atoms with Gasteiger partial charge in [-0.15, -0.1) is 0 Å². The molecule has 2 bridgehead atoms. The van der Waals surface area contributed by atoms with E-state index in [4.69, 9.17) is 0 Å². The minimum atomic E-state index is -1.21. The lowest BCUT2D eigenvalue weighted by molar-refractivity contribution is -0.180. The molecule has 2 nitrogen and oxygen atoms in total. The van der Waals surface area contributed by atoms with Gasteiger partial charge < -0.3 is 5.11 Å². The average Bonchev–Trinajstić information content (AvgIpc) is 2.35. The molecule has 0 radical (unpaired) electrons. The van der Waals surface area contributed by atoms with Gasteiger partial charge in [-0.2, -0.15) is 0 Å². The van der Waals surface area contributed by atoms with Gasteiger partial charge in [0, 0.05) is 11.5 Å². The monoisotopic (exact) mass is 256 g/mol. The van der Waals surface area contributed by atoms with Gasteiger partial charge in [0.1, 0.15) is 5.60 Å². The van der Waals surface area contributed by atoms with Crippen molar-refractivity contribution in [3.63, 3.8) is 0 Å². The van der Waals surface area contributed by atoms with Crippen LogP contribution in [0.2, 0.25) is 0 Å². The fourth-order valence-corrected chi connectivity index (χ4v) is 3.91. The molecule has 0 heterocycles. The molecule has 19 heavy (non-hydrogen) atoms. The molecule has 0 saturated heterocycles. The molecule has 100 valence electrons. The molecular weight excluding hydrogens is 236 g/mol. The smallest absolute Gasteiger partial charge is 0.190 e. The number of hydrogen-bond donors (Lipinski definition) is 1. The van der Waals surface area contributed by atoms with E-state index in [9.17, 15) is 9.90 Å². The number of carbonyl (C=O) groups is 1. The number of rotatable bonds is 1. The third-order valence-corrected chi connectivity index (χ3v) is 5.17. The van der Waals surface area contributed by atoms with Crippen molar-refractivity contribution in [3.05, 3.63) is 41.5 Å². The highest BCUT2D eigenvalue weighted by Crippen LogP contribution is 2.63. The van der Waals surface area contributed by atoms with Gasteiger partial charge in [0.25, 0.3) is 0 Å². The maximum Gasteiger partial charge on any atom is 0.190 e. The highest BCUT2D eigenvalue weighted by atomic mass is 16.3. The van der Waals surface area contributed by atoms with E-state index in [0.29, 0.717) is 0 Å². The van der Waals surface area contributed by atoms with E-state index in [2.05, 4.69) is 13.8 Å². The van der Waals surface area contributed by atoms with Crippen molar-refractivity contribution in [1.82, 2.24) is 0 Å². The van der Waals surface area contributed by atoms with Gasteiger partial charge in [-0.3, -0.25) is 4.79 Å². The van der Waals surface area contributed by atoms with Crippen molar-refractivity contribution in [2.75, 3.05) is 0 Å². The van der Waals surface area contributed by atoms with E-state index in [1.54, 1.807) is 6.92 Å². The number of benzene rings is 1. The molecule has 3 fully saturated rings. The van der Waals surface area contributed by atoms with Crippen molar-refractivity contribution < 1.29 is 9.90 Å². The Kier molecular flexibility index (Phi) is 2.52. The number of fused-ring (bicyclic) bond motifs is 2. The van der Waals surface area contributed by atoms with Crippen LogP contribution in [0.1, 0.15) is 32.8 Å². The molecule has 1 aromatic carbocycles. The molecule has 0 amide bonds. The largest absolute Gasteiger partial charge is 0.382 e. The Labute approximate surface area is 114 Å². The predicted molar refractivity (Wildman–Crippen MR) is 75.4 cm³/mol. The zero-order valence-electron chi connectivity index (χ0n) is 11.7. The molecule has 1 N–H and O–H groups in total. The van der Waals surface area contributed by atoms with E-state index >= 15 is 0 Å². The van der Waals surface area contributed by atoms with Crippen LogP contribution in [0, 0.1) is 17.3 Å². The zero-order valence-corrected chi connectivity index (χ0v) is 11.7. The van der Waals surface area contributed by atoms with Crippen LogP contribution in [-0.2, 0) is 4.79 Å². The molecule has 0 aromatic heterocycles. The van der Waals surface area contributed by atoms with Gasteiger partial charge in [0.15, 0.2) is 5.78 Å². The molecule has 4 rings (SSSR count). The number of Topliss-reactive ketones (excluding diaryl/α,β-unsaturated/α-hetero) is 1. The summed E-state index contributed by atoms with van der Waals surface area (Å²) in [5.41, 5.74) is 0.628. The first kappa shape index (κ1) is 12.6. The normalized spacial score (nSPS) is 38.1. The number of aliphatic hydroxyl groups is 1. The molecule has 3 aliphatic carbocycles. The highest BCUT2D eigenvalue weighted by Gasteiger charge is 2.65. The third-order valence-electron chi connectivity index (χ3n) is 5.17. The predicted octanol–water partition coefficient (Wildman–Crippen LogP) is 3.07. The molecule has 3 aliphatic rings. The number of carbonyl (C=O) groups excluding carboxylic acids is 1. The Balaban J connectivity index is 2.06. The van der Waals surface area contributed by atoms with Crippen molar-refractivity contribution in [3.8, 4) is 0 Å². The lowest BCUT2D eigenvalue weighted by Gasteiger charge is -2.62. The molecular formula is C17H20O2. The zero-order chi connectivity index (χ0) is 13.8. The van der Waals surface area contributed by atoms with Crippen LogP contribution >= 0.6 is 0 Å². The van der Waals surface area contributed by atoms with E-state index in [0.717, 1.165) is 17.6 Å². The summed E-state index contributed by atoms with van der Waals surface area (Å²) in [7, 11) is 0. The summed E-state index contributed by atoms with van der Waals surface area (Å²) in [4.78, 5) is 12.5. The Morgan fingerprint density at radius 1 is 1.21 bits per heavy atom. The SMILES string of the molecule is CC1(O)C(=O)C(=Cc2ccccc2)C2CC1C2(C)C. The Bertz CT molecular complexity index is 552. The average molecular weight is 256 g/mol. The van der Waals surface area contributed by atoms with Gasteiger partial charge in [-0.25, -0.2) is 0 Å². The highest BCUT2D eigenvalue weighted by molar-refractivity contribution is 6.07. The summed E-state index contributed by atoms with van der Waals surface area (Å²) in [6, 6.07) is 9.88. The molecule has 2 heteroatoms. The van der Waals surface area contributed by atoms with Crippen LogP contribution in [0.3, 0.4) is 0 Å². The minimum absolute atomic E-state index is 0.0119. The van der Waals surface area contributed by atoms with E-state index in [1.807, 2.05) is 36.4 Å². The van der Waals surface area contributed by atoms with E-state index < -0.39 is 5.60 Å². The Morgan fingerprint density at radius 3 is 2.42 bits per heavy atom. The molecule has 1 aromatic rings. The van der Waals surface area contributed by atoms with Crippen molar-refractivity contribution in [1.29, 1.82) is 0 Å². The topological polar surface area (TPSA) is 37.3 Å². The molecule has 3 saturated carbocycles. The summed E-state index contributed by atoms with van der Waals surface area (Å²) in [6.07, 6.45) is 2.88. The van der Waals surface area contributed by atoms with Gasteiger partial charge in [0.2, 0.25) is 0 Å². The first-order chi connectivity index (χ1) is 8.85. The fraction of sp³-hybridized carbons (Fsp3) is 0.471. The number of hydrogen-bond acceptors (Lipinski definition) is 2. The quantitative estimate of drug-likeness (QED) is 0.784. The molecule has 3 unspecified atom stereocenters. The third kappa shape index (κ3) is 1.63. The van der Waals surface area contributed by atoms with Gasteiger partial charge >= 0.3 is 0 Å². The van der Waals surface area contributed by atoms with Crippen molar-refractivity contribution in [2.45, 2.75) is 32.8 Å². The summed E-state index contributed by atoms with van der Waals surface area (Å²) in [5, 5.41) is 10.5. The lowest BCUT2D eigenvalue weighted by Crippen LogP contribution is -2.65. The molecule has 3 atom stereocenters. The van der Waals surface area contributed by atoms with Gasteiger partial charge in [-0.05, 0) is 36.3 Å². The maximum absolute atomic E-state index is 12.5. The second kappa shape index (κ2) is 3.80. The van der Waals surface area contributed by atoms with Crippen LogP contribution in [0.15, 0.2) is 35.9 Å². The van der Waals surface area contributed by atoms with Crippen LogP contribution in [0.4, 0.5) is 0 Å². The van der Waals surface area contributed by atoms with Crippen molar-refractivity contribution in [2.24, 2.45) is 17.3 Å². The Morgan fingerprint density at radius 2 is 1.84 bits per heavy atom. The van der Waals surface area contributed by atoms with Gasteiger partial charge in [0.05, 0.1) is 0 Å². The van der Waals surface area contributed by atoms with Gasteiger partial charge in [-0.1, -0.05) is 44.2 Å². The Hall–Kier alpha value is -1.41. The summed E-state index contributed by atoms with van der Waals surface area (Å²) < 4.78 is 0. The first-order valence-electron chi connectivity index (χ1n) is 6.89. The van der Waals surface area contributed by atoms with Crippen LogP contribution in [0.5, 0.6) is 0 Å². The van der Waals surface area contributed by atoms with E-state index in [1.165, 1.54) is 0 Å².